The van der Waals surface area contributed by atoms with Gasteiger partial charge in [-0.25, -0.2) is 0 Å². The minimum absolute atomic E-state index is 0.337. The summed E-state index contributed by atoms with van der Waals surface area (Å²) in [6, 6.07) is 0.751. The highest BCUT2D eigenvalue weighted by Gasteiger charge is 2.35. The number of aliphatic hydroxyl groups is 1. The van der Waals surface area contributed by atoms with Crippen molar-refractivity contribution in [2.24, 2.45) is 5.92 Å². The number of nitrogens with zero attached hydrogens (tertiary/aromatic N) is 1. The van der Waals surface area contributed by atoms with Gasteiger partial charge < -0.3 is 5.11 Å². The third-order valence-electron chi connectivity index (χ3n) is 3.73. The van der Waals surface area contributed by atoms with E-state index < -0.39 is 0 Å². The maximum atomic E-state index is 9.56. The van der Waals surface area contributed by atoms with Gasteiger partial charge in [0.15, 0.2) is 0 Å². The van der Waals surface area contributed by atoms with Gasteiger partial charge in [-0.1, -0.05) is 6.42 Å². The molecule has 82 valence electrons. The summed E-state index contributed by atoms with van der Waals surface area (Å²) in [7, 11) is 0. The van der Waals surface area contributed by atoms with Crippen LogP contribution in [0.25, 0.3) is 0 Å². The third kappa shape index (κ3) is 2.23. The zero-order valence-corrected chi connectivity index (χ0v) is 9.42. The van der Waals surface area contributed by atoms with Gasteiger partial charge in [0.2, 0.25) is 0 Å². The molecule has 1 aliphatic heterocycles. The Bertz CT molecular complexity index is 188. The van der Waals surface area contributed by atoms with E-state index in [-0.39, 0.29) is 6.10 Å². The Morgan fingerprint density at radius 2 is 2.07 bits per heavy atom. The van der Waals surface area contributed by atoms with E-state index in [1.165, 1.54) is 32.1 Å². The Balaban J connectivity index is 1.90. The van der Waals surface area contributed by atoms with Crippen LogP contribution >= 0.6 is 11.6 Å². The van der Waals surface area contributed by atoms with Crippen LogP contribution in [0.1, 0.15) is 32.1 Å². The number of likely N-dealkylation sites (tertiary alicyclic amines) is 1. The topological polar surface area (TPSA) is 23.5 Å². The van der Waals surface area contributed by atoms with Gasteiger partial charge in [0.25, 0.3) is 0 Å². The first-order valence-corrected chi connectivity index (χ1v) is 6.33. The fraction of sp³-hybridized carbons (Fsp3) is 1.00. The minimum atomic E-state index is -0.337. The van der Waals surface area contributed by atoms with Gasteiger partial charge >= 0.3 is 0 Å². The monoisotopic (exact) mass is 217 g/mol. The molecule has 3 atom stereocenters. The summed E-state index contributed by atoms with van der Waals surface area (Å²) in [5.41, 5.74) is 0. The Hall–Kier alpha value is 0.210. The van der Waals surface area contributed by atoms with E-state index in [4.69, 9.17) is 11.6 Å². The van der Waals surface area contributed by atoms with E-state index in [2.05, 4.69) is 4.90 Å². The largest absolute Gasteiger partial charge is 0.391 e. The van der Waals surface area contributed by atoms with Gasteiger partial charge in [0.1, 0.15) is 0 Å². The fourth-order valence-corrected chi connectivity index (χ4v) is 3.20. The molecule has 2 aliphatic rings. The van der Waals surface area contributed by atoms with Crippen molar-refractivity contribution in [2.75, 3.05) is 19.0 Å². The summed E-state index contributed by atoms with van der Waals surface area (Å²) in [5, 5.41) is 9.56. The van der Waals surface area contributed by atoms with Gasteiger partial charge in [-0.3, -0.25) is 4.90 Å². The predicted octanol–water partition coefficient (Wildman–Crippen LogP) is 1.85. The van der Waals surface area contributed by atoms with Crippen LogP contribution in [0.15, 0.2) is 0 Å². The lowest BCUT2D eigenvalue weighted by molar-refractivity contribution is 0.0599. The SMILES string of the molecule is OC(CCl)CN1CCCC2CCCC21. The molecule has 3 unspecified atom stereocenters. The molecule has 1 N–H and O–H groups in total. The Kier molecular flexibility index (Phi) is 3.69. The molecule has 2 fully saturated rings. The molecule has 0 bridgehead atoms. The zero-order valence-electron chi connectivity index (χ0n) is 8.66. The Morgan fingerprint density at radius 1 is 1.29 bits per heavy atom. The van der Waals surface area contributed by atoms with Gasteiger partial charge in [-0.2, -0.15) is 0 Å². The molecule has 0 amide bonds. The van der Waals surface area contributed by atoms with E-state index in [0.717, 1.165) is 25.0 Å². The van der Waals surface area contributed by atoms with Crippen molar-refractivity contribution in [3.05, 3.63) is 0 Å². The van der Waals surface area contributed by atoms with Crippen molar-refractivity contribution >= 4 is 11.6 Å². The number of alkyl halides is 1. The molecule has 0 radical (unpaired) electrons. The second-order valence-electron chi connectivity index (χ2n) is 4.70. The molecule has 1 aliphatic carbocycles. The van der Waals surface area contributed by atoms with Crippen LogP contribution in [0.5, 0.6) is 0 Å². The first-order chi connectivity index (χ1) is 6.81. The third-order valence-corrected chi connectivity index (χ3v) is 4.09. The van der Waals surface area contributed by atoms with Crippen LogP contribution in [0.3, 0.4) is 0 Å². The lowest BCUT2D eigenvalue weighted by Crippen LogP contribution is -2.46. The van der Waals surface area contributed by atoms with E-state index in [1.807, 2.05) is 0 Å². The van der Waals surface area contributed by atoms with Gasteiger partial charge in [-0.05, 0) is 38.1 Å². The highest BCUT2D eigenvalue weighted by atomic mass is 35.5. The maximum absolute atomic E-state index is 9.56. The molecule has 14 heavy (non-hydrogen) atoms. The number of piperidine rings is 1. The number of halogens is 1. The predicted molar refractivity (Wildman–Crippen MR) is 58.7 cm³/mol. The molecule has 2 nitrogen and oxygen atoms in total. The van der Waals surface area contributed by atoms with Crippen LogP contribution in [-0.4, -0.2) is 41.1 Å². The summed E-state index contributed by atoms with van der Waals surface area (Å²) in [6.07, 6.45) is 6.48. The number of β-amino-alcohol motifs (C(OH)–C–C–N with tert-alkyl or cyclic N) is 1. The zero-order chi connectivity index (χ0) is 9.97. The molecular formula is C11H20ClNO. The molecule has 0 aromatic carbocycles. The second-order valence-corrected chi connectivity index (χ2v) is 5.01. The molecule has 3 heteroatoms. The van der Waals surface area contributed by atoms with Crippen LogP contribution in [0.4, 0.5) is 0 Å². The Labute approximate surface area is 91.2 Å². The molecule has 1 saturated heterocycles. The van der Waals surface area contributed by atoms with Crippen molar-refractivity contribution in [2.45, 2.75) is 44.2 Å². The van der Waals surface area contributed by atoms with Crippen LogP contribution in [0, 0.1) is 5.92 Å². The van der Waals surface area contributed by atoms with Crippen molar-refractivity contribution in [1.29, 1.82) is 0 Å². The Morgan fingerprint density at radius 3 is 2.86 bits per heavy atom. The van der Waals surface area contributed by atoms with E-state index in [0.29, 0.717) is 5.88 Å². The minimum Gasteiger partial charge on any atom is -0.391 e. The lowest BCUT2D eigenvalue weighted by Gasteiger charge is -2.38. The quantitative estimate of drug-likeness (QED) is 0.730. The van der Waals surface area contributed by atoms with Crippen molar-refractivity contribution in [3.63, 3.8) is 0 Å². The normalized spacial score (nSPS) is 35.6. The smallest absolute Gasteiger partial charge is 0.0802 e. The first-order valence-electron chi connectivity index (χ1n) is 5.79. The van der Waals surface area contributed by atoms with Crippen molar-refractivity contribution < 1.29 is 5.11 Å². The van der Waals surface area contributed by atoms with Crippen molar-refractivity contribution in [3.8, 4) is 0 Å². The molecule has 1 heterocycles. The van der Waals surface area contributed by atoms with Crippen LogP contribution < -0.4 is 0 Å². The van der Waals surface area contributed by atoms with Gasteiger partial charge in [0, 0.05) is 18.5 Å². The van der Waals surface area contributed by atoms with Crippen molar-refractivity contribution in [1.82, 2.24) is 4.90 Å². The first kappa shape index (κ1) is 10.7. The summed E-state index contributed by atoms with van der Waals surface area (Å²) in [5.74, 6) is 1.28. The number of aliphatic hydroxyl groups excluding tert-OH is 1. The van der Waals surface area contributed by atoms with E-state index >= 15 is 0 Å². The maximum Gasteiger partial charge on any atom is 0.0802 e. The average Bonchev–Trinajstić information content (AvgIpc) is 2.66. The summed E-state index contributed by atoms with van der Waals surface area (Å²) >= 11 is 5.64. The van der Waals surface area contributed by atoms with E-state index in [1.54, 1.807) is 0 Å². The standard InChI is InChI=1S/C11H20ClNO/c12-7-10(14)8-13-6-2-4-9-3-1-5-11(9)13/h9-11,14H,1-8H2. The average molecular weight is 218 g/mol. The number of hydrogen-bond donors (Lipinski definition) is 1. The molecule has 0 aromatic heterocycles. The molecule has 2 rings (SSSR count). The molecule has 0 spiro atoms. The summed E-state index contributed by atoms with van der Waals surface area (Å²) < 4.78 is 0. The number of rotatable bonds is 3. The summed E-state index contributed by atoms with van der Waals surface area (Å²) in [6.45, 7) is 1.94. The van der Waals surface area contributed by atoms with Crippen LogP contribution in [-0.2, 0) is 0 Å². The fourth-order valence-electron chi connectivity index (χ4n) is 3.10. The number of fused-ring (bicyclic) bond motifs is 1. The second kappa shape index (κ2) is 4.82. The van der Waals surface area contributed by atoms with Crippen LogP contribution in [0.2, 0.25) is 0 Å². The highest BCUT2D eigenvalue weighted by Crippen LogP contribution is 2.36. The molecule has 0 aromatic rings. The molecule has 1 saturated carbocycles. The van der Waals surface area contributed by atoms with Gasteiger partial charge in [-0.15, -0.1) is 11.6 Å². The summed E-state index contributed by atoms with van der Waals surface area (Å²) in [4.78, 5) is 2.47. The van der Waals surface area contributed by atoms with E-state index in [9.17, 15) is 5.11 Å². The number of hydrogen-bond acceptors (Lipinski definition) is 2. The highest BCUT2D eigenvalue weighted by molar-refractivity contribution is 6.18. The lowest BCUT2D eigenvalue weighted by atomic mass is 9.92. The molecular weight excluding hydrogens is 198 g/mol. The van der Waals surface area contributed by atoms with Gasteiger partial charge in [0.05, 0.1) is 6.10 Å².